The number of oxime groups is 1. The van der Waals surface area contributed by atoms with Crippen LogP contribution in [0.5, 0.6) is 0 Å². The molecule has 1 fully saturated rings. The molecule has 1 heterocycles. The minimum absolute atomic E-state index is 0.176. The molecule has 0 aliphatic carbocycles. The van der Waals surface area contributed by atoms with E-state index in [1.54, 1.807) is 0 Å². The summed E-state index contributed by atoms with van der Waals surface area (Å²) in [6.07, 6.45) is -6.16. The van der Waals surface area contributed by atoms with E-state index in [0.29, 0.717) is 11.8 Å². The van der Waals surface area contributed by atoms with E-state index in [9.17, 15) is 28.8 Å². The third-order valence-electron chi connectivity index (χ3n) is 2.92. The van der Waals surface area contributed by atoms with Crippen molar-refractivity contribution in [2.75, 3.05) is 6.61 Å². The van der Waals surface area contributed by atoms with Crippen LogP contribution in [0, 0.1) is 0 Å². The molecule has 0 unspecified atom stereocenters. The van der Waals surface area contributed by atoms with Gasteiger partial charge in [0.05, 0.1) is 12.2 Å². The van der Waals surface area contributed by atoms with Crippen molar-refractivity contribution in [3.05, 3.63) is 0 Å². The largest absolute Gasteiger partial charge is 0.466 e. The van der Waals surface area contributed by atoms with Crippen LogP contribution in [-0.2, 0) is 19.4 Å². The third-order valence-corrected chi connectivity index (χ3v) is 4.29. The van der Waals surface area contributed by atoms with E-state index in [-0.39, 0.29) is 11.5 Å². The molecule has 0 radical (unpaired) electrons. The molecule has 11 nitrogen and oxygen atoms in total. The Hall–Kier alpha value is -0.510. The molecule has 5 atom stereocenters. The average Bonchev–Trinajstić information content (AvgIpc) is 2.43. The van der Waals surface area contributed by atoms with Crippen LogP contribution in [0.15, 0.2) is 5.16 Å². The predicted molar refractivity (Wildman–Crippen MR) is 82.3 cm³/mol. The normalized spacial score (nSPS) is 32.7. The van der Waals surface area contributed by atoms with Crippen molar-refractivity contribution in [2.24, 2.45) is 5.16 Å². The van der Waals surface area contributed by atoms with Gasteiger partial charge in [-0.15, -0.1) is 0 Å². The lowest BCUT2D eigenvalue weighted by Gasteiger charge is -2.39. The lowest BCUT2D eigenvalue weighted by atomic mass is 10.0. The van der Waals surface area contributed by atoms with Crippen molar-refractivity contribution in [3.63, 3.8) is 0 Å². The Morgan fingerprint density at radius 1 is 1.25 bits per heavy atom. The monoisotopic (exact) mass is 391 g/mol. The molecule has 6 N–H and O–H groups in total. The van der Waals surface area contributed by atoms with Crippen LogP contribution in [0.1, 0.15) is 20.3 Å². The highest BCUT2D eigenvalue weighted by Gasteiger charge is 2.44. The van der Waals surface area contributed by atoms with Gasteiger partial charge in [0.25, 0.3) is 0 Å². The molecular formula is C11H21NO10S2. The fourth-order valence-corrected chi connectivity index (χ4v) is 3.37. The smallest absolute Gasteiger partial charge is 0.394 e. The number of thioether (sulfide) groups is 1. The van der Waals surface area contributed by atoms with Gasteiger partial charge in [0.1, 0.15) is 34.9 Å². The van der Waals surface area contributed by atoms with E-state index in [0.717, 1.165) is 0 Å². The fraction of sp³-hybridized carbons (Fsp3) is 0.909. The first-order chi connectivity index (χ1) is 10.8. The maximum atomic E-state index is 10.6. The van der Waals surface area contributed by atoms with Crippen LogP contribution in [0.3, 0.4) is 0 Å². The summed E-state index contributed by atoms with van der Waals surface area (Å²) in [5.74, 6) is 0. The van der Waals surface area contributed by atoms with Gasteiger partial charge in [-0.1, -0.05) is 16.9 Å². The number of aliphatic hydroxyl groups is 5. The number of nitrogens with zero attached hydrogens (tertiary/aromatic N) is 1. The van der Waals surface area contributed by atoms with Gasteiger partial charge in [0.15, 0.2) is 0 Å². The zero-order chi connectivity index (χ0) is 18.7. The first-order valence-electron chi connectivity index (χ1n) is 6.76. The fourth-order valence-electron chi connectivity index (χ4n) is 1.85. The van der Waals surface area contributed by atoms with Gasteiger partial charge in [-0.3, -0.25) is 4.55 Å². The molecule has 0 bridgehead atoms. The van der Waals surface area contributed by atoms with E-state index < -0.39 is 52.5 Å². The highest BCUT2D eigenvalue weighted by molar-refractivity contribution is 8.14. The standard InChI is InChI=1S/C11H21NO10S2/c1-11(2,17)3-6(12-22-24(18,19)20)23-10-9(16)8(15)7(14)5(4-13)21-10/h5,7-10,13-17H,3-4H2,1-2H3,(H,18,19,20)/t5-,7-,8+,9-,10+/m1/s1. The van der Waals surface area contributed by atoms with Crippen molar-refractivity contribution in [1.82, 2.24) is 0 Å². The third kappa shape index (κ3) is 6.78. The molecule has 1 saturated heterocycles. The molecule has 0 spiro atoms. The minimum Gasteiger partial charge on any atom is -0.394 e. The van der Waals surface area contributed by atoms with E-state index in [1.165, 1.54) is 13.8 Å². The maximum absolute atomic E-state index is 10.6. The van der Waals surface area contributed by atoms with Gasteiger partial charge in [0, 0.05) is 6.42 Å². The first kappa shape index (κ1) is 21.5. The van der Waals surface area contributed by atoms with E-state index in [4.69, 9.17) is 14.4 Å². The Labute approximate surface area is 142 Å². The van der Waals surface area contributed by atoms with Crippen LogP contribution in [-0.4, -0.2) is 85.6 Å². The molecule has 1 aliphatic heterocycles. The van der Waals surface area contributed by atoms with E-state index in [1.807, 2.05) is 0 Å². The molecule has 1 aliphatic rings. The molecule has 0 saturated carbocycles. The SMILES string of the molecule is CC(C)(O)CC(=NOS(=O)(=O)O)S[C@@H]1O[C@H](CO)[C@@H](O)[C@H](O)[C@H]1O. The van der Waals surface area contributed by atoms with Crippen LogP contribution < -0.4 is 0 Å². The van der Waals surface area contributed by atoms with Crippen molar-refractivity contribution >= 4 is 27.2 Å². The number of rotatable bonds is 6. The molecule has 0 aromatic heterocycles. The Morgan fingerprint density at radius 3 is 2.29 bits per heavy atom. The molecule has 0 amide bonds. The molecule has 24 heavy (non-hydrogen) atoms. The van der Waals surface area contributed by atoms with Gasteiger partial charge in [0.2, 0.25) is 0 Å². The van der Waals surface area contributed by atoms with Gasteiger partial charge >= 0.3 is 10.4 Å². The second-order valence-electron chi connectivity index (χ2n) is 5.79. The Kier molecular flexibility index (Phi) is 7.40. The first-order valence-corrected chi connectivity index (χ1v) is 9.01. The number of hydrogen-bond acceptors (Lipinski definition) is 11. The van der Waals surface area contributed by atoms with Crippen LogP contribution in [0.2, 0.25) is 0 Å². The molecule has 0 aromatic rings. The summed E-state index contributed by atoms with van der Waals surface area (Å²) in [7, 11) is -4.88. The summed E-state index contributed by atoms with van der Waals surface area (Å²) in [5.41, 5.74) is -2.59. The molecule has 13 heteroatoms. The number of aliphatic hydroxyl groups excluding tert-OH is 4. The highest BCUT2D eigenvalue weighted by atomic mass is 32.3. The highest BCUT2D eigenvalue weighted by Crippen LogP contribution is 2.31. The summed E-state index contributed by atoms with van der Waals surface area (Å²) in [6, 6.07) is 0. The molecular weight excluding hydrogens is 370 g/mol. The van der Waals surface area contributed by atoms with Crippen LogP contribution in [0.4, 0.5) is 0 Å². The quantitative estimate of drug-likeness (QED) is 0.125. The predicted octanol–water partition coefficient (Wildman–Crippen LogP) is -2.19. The summed E-state index contributed by atoms with van der Waals surface area (Å²) in [6.45, 7) is 2.15. The zero-order valence-electron chi connectivity index (χ0n) is 12.9. The average molecular weight is 391 g/mol. The van der Waals surface area contributed by atoms with Crippen molar-refractivity contribution in [3.8, 4) is 0 Å². The van der Waals surface area contributed by atoms with Gasteiger partial charge in [-0.2, -0.15) is 8.42 Å². The summed E-state index contributed by atoms with van der Waals surface area (Å²) in [5, 5.41) is 51.3. The van der Waals surface area contributed by atoms with Crippen molar-refractivity contribution < 1.29 is 47.5 Å². The lowest BCUT2D eigenvalue weighted by molar-refractivity contribution is -0.205. The Morgan fingerprint density at radius 2 is 1.83 bits per heavy atom. The van der Waals surface area contributed by atoms with Gasteiger partial charge in [-0.25, -0.2) is 4.28 Å². The lowest BCUT2D eigenvalue weighted by Crippen LogP contribution is -2.57. The van der Waals surface area contributed by atoms with E-state index in [2.05, 4.69) is 9.44 Å². The van der Waals surface area contributed by atoms with E-state index >= 15 is 0 Å². The maximum Gasteiger partial charge on any atom is 0.466 e. The summed E-state index contributed by atoms with van der Waals surface area (Å²) in [4.78, 5) is 0. The van der Waals surface area contributed by atoms with Crippen LogP contribution >= 0.6 is 11.8 Å². The minimum atomic E-state index is -4.88. The second-order valence-corrected chi connectivity index (χ2v) is 7.97. The van der Waals surface area contributed by atoms with Gasteiger partial charge in [-0.05, 0) is 13.8 Å². The zero-order valence-corrected chi connectivity index (χ0v) is 14.5. The Balaban J connectivity index is 2.95. The number of hydrogen-bond donors (Lipinski definition) is 6. The summed E-state index contributed by atoms with van der Waals surface area (Å²) < 4.78 is 38.9. The molecule has 142 valence electrons. The molecule has 0 aromatic carbocycles. The Bertz CT molecular complexity index is 543. The van der Waals surface area contributed by atoms with Gasteiger partial charge < -0.3 is 30.3 Å². The number of ether oxygens (including phenoxy) is 1. The van der Waals surface area contributed by atoms with Crippen LogP contribution in [0.25, 0.3) is 0 Å². The summed E-state index contributed by atoms with van der Waals surface area (Å²) >= 11 is 0.601. The second kappa shape index (κ2) is 8.25. The van der Waals surface area contributed by atoms with Crippen molar-refractivity contribution in [1.29, 1.82) is 0 Å². The van der Waals surface area contributed by atoms with Crippen molar-refractivity contribution in [2.45, 2.75) is 55.7 Å². The topological polar surface area (TPSA) is 186 Å². The molecule has 1 rings (SSSR count).